The van der Waals surface area contributed by atoms with Crippen LogP contribution in [0.4, 0.5) is 0 Å². The number of aromatic hydroxyl groups is 1. The zero-order valence-corrected chi connectivity index (χ0v) is 15.1. The van der Waals surface area contributed by atoms with Gasteiger partial charge in [0.05, 0.1) is 24.7 Å². The van der Waals surface area contributed by atoms with E-state index in [9.17, 15) is 24.6 Å². The van der Waals surface area contributed by atoms with E-state index in [4.69, 9.17) is 9.47 Å². The minimum Gasteiger partial charge on any atom is -0.508 e. The lowest BCUT2D eigenvalue weighted by Gasteiger charge is -2.43. The highest BCUT2D eigenvalue weighted by Crippen LogP contribution is 2.46. The van der Waals surface area contributed by atoms with E-state index in [1.165, 1.54) is 31.2 Å². The molecule has 7 nitrogen and oxygen atoms in total. The summed E-state index contributed by atoms with van der Waals surface area (Å²) in [4.78, 5) is 37.7. The molecule has 1 aliphatic carbocycles. The molecule has 0 aliphatic heterocycles. The molecule has 1 aliphatic rings. The van der Waals surface area contributed by atoms with Crippen molar-refractivity contribution in [2.45, 2.75) is 38.7 Å². The Kier molecular flexibility index (Phi) is 6.02. The second kappa shape index (κ2) is 7.86. The molecule has 0 radical (unpaired) electrons. The Morgan fingerprint density at radius 3 is 2.19 bits per heavy atom. The lowest BCUT2D eigenvalue weighted by molar-refractivity contribution is -0.172. The summed E-state index contributed by atoms with van der Waals surface area (Å²) in [7, 11) is 0. The molecule has 0 spiro atoms. The monoisotopic (exact) mass is 364 g/mol. The van der Waals surface area contributed by atoms with Crippen molar-refractivity contribution in [3.8, 4) is 5.75 Å². The number of esters is 2. The van der Waals surface area contributed by atoms with Gasteiger partial charge in [0.2, 0.25) is 0 Å². The second-order valence-corrected chi connectivity index (χ2v) is 6.58. The van der Waals surface area contributed by atoms with Crippen LogP contribution < -0.4 is 0 Å². The van der Waals surface area contributed by atoms with E-state index in [0.717, 1.165) is 0 Å². The van der Waals surface area contributed by atoms with E-state index in [0.29, 0.717) is 5.56 Å². The van der Waals surface area contributed by atoms with Gasteiger partial charge in [-0.05, 0) is 38.5 Å². The van der Waals surface area contributed by atoms with Crippen molar-refractivity contribution in [3.63, 3.8) is 0 Å². The van der Waals surface area contributed by atoms with Crippen molar-refractivity contribution in [2.24, 2.45) is 11.8 Å². The van der Waals surface area contributed by atoms with Crippen molar-refractivity contribution < 1.29 is 34.1 Å². The maximum Gasteiger partial charge on any atom is 0.317 e. The first-order valence-corrected chi connectivity index (χ1v) is 8.60. The maximum absolute atomic E-state index is 12.6. The Balaban J connectivity index is 2.59. The van der Waals surface area contributed by atoms with Gasteiger partial charge in [-0.1, -0.05) is 12.1 Å². The molecule has 0 bridgehead atoms. The number of carbonyl (C=O) groups excluding carboxylic acids is 3. The van der Waals surface area contributed by atoms with E-state index >= 15 is 0 Å². The predicted molar refractivity (Wildman–Crippen MR) is 91.3 cm³/mol. The molecule has 0 aromatic heterocycles. The third-order valence-corrected chi connectivity index (χ3v) is 4.63. The molecule has 1 aromatic carbocycles. The van der Waals surface area contributed by atoms with Crippen LogP contribution in [-0.4, -0.2) is 46.7 Å². The van der Waals surface area contributed by atoms with Crippen LogP contribution in [0.25, 0.3) is 0 Å². The van der Waals surface area contributed by atoms with Crippen molar-refractivity contribution in [1.82, 2.24) is 0 Å². The Morgan fingerprint density at radius 1 is 1.12 bits per heavy atom. The first kappa shape index (κ1) is 19.9. The third-order valence-electron chi connectivity index (χ3n) is 4.63. The van der Waals surface area contributed by atoms with Crippen LogP contribution in [0, 0.1) is 11.8 Å². The molecule has 26 heavy (non-hydrogen) atoms. The van der Waals surface area contributed by atoms with Crippen LogP contribution in [0.1, 0.15) is 38.7 Å². The van der Waals surface area contributed by atoms with Gasteiger partial charge in [-0.25, -0.2) is 0 Å². The van der Waals surface area contributed by atoms with Gasteiger partial charge in [0.25, 0.3) is 0 Å². The van der Waals surface area contributed by atoms with Gasteiger partial charge in [-0.3, -0.25) is 14.4 Å². The van der Waals surface area contributed by atoms with Crippen LogP contribution in [0.3, 0.4) is 0 Å². The molecule has 142 valence electrons. The highest BCUT2D eigenvalue weighted by atomic mass is 16.5. The molecular formula is C19H24O7. The summed E-state index contributed by atoms with van der Waals surface area (Å²) in [6.07, 6.45) is -0.353. The van der Waals surface area contributed by atoms with E-state index in [1.54, 1.807) is 13.8 Å². The molecule has 0 amide bonds. The molecule has 4 atom stereocenters. The smallest absolute Gasteiger partial charge is 0.317 e. The molecule has 7 heteroatoms. The minimum absolute atomic E-state index is 0.00279. The molecule has 0 heterocycles. The van der Waals surface area contributed by atoms with Crippen molar-refractivity contribution >= 4 is 17.7 Å². The van der Waals surface area contributed by atoms with Crippen molar-refractivity contribution in [2.75, 3.05) is 13.2 Å². The summed E-state index contributed by atoms with van der Waals surface area (Å²) in [6.45, 7) is 4.84. The summed E-state index contributed by atoms with van der Waals surface area (Å²) >= 11 is 0. The van der Waals surface area contributed by atoms with E-state index in [2.05, 4.69) is 0 Å². The number of rotatable bonds is 5. The normalized spacial score (nSPS) is 28.5. The molecule has 2 N–H and O–H groups in total. The Hall–Kier alpha value is -2.41. The van der Waals surface area contributed by atoms with E-state index in [-0.39, 0.29) is 25.4 Å². The highest BCUT2D eigenvalue weighted by Gasteiger charge is 2.57. The number of ether oxygens (including phenoxy) is 2. The summed E-state index contributed by atoms with van der Waals surface area (Å²) < 4.78 is 10.1. The van der Waals surface area contributed by atoms with Crippen LogP contribution >= 0.6 is 0 Å². The maximum atomic E-state index is 12.6. The van der Waals surface area contributed by atoms with Gasteiger partial charge in [0, 0.05) is 12.3 Å². The van der Waals surface area contributed by atoms with Crippen LogP contribution in [0.15, 0.2) is 24.3 Å². The van der Waals surface area contributed by atoms with Gasteiger partial charge in [-0.2, -0.15) is 0 Å². The molecule has 2 rings (SSSR count). The number of Topliss-reactive ketones (excluding diaryl/α,β-unsaturated/α-hetero) is 1. The SMILES string of the molecule is CCOC(=O)[C@@H]1C(=O)C[C@](C)(O)[C@@H](C(=O)OCC)[C@H]1c1ccc(O)cc1. The third kappa shape index (κ3) is 3.88. The minimum atomic E-state index is -1.67. The zero-order valence-electron chi connectivity index (χ0n) is 15.1. The van der Waals surface area contributed by atoms with Gasteiger partial charge < -0.3 is 19.7 Å². The number of aliphatic hydroxyl groups is 1. The summed E-state index contributed by atoms with van der Waals surface area (Å²) in [5, 5.41) is 20.3. The molecular weight excluding hydrogens is 340 g/mol. The number of phenolic OH excluding ortho intramolecular Hbond substituents is 1. The molecule has 1 aromatic rings. The van der Waals surface area contributed by atoms with Crippen LogP contribution in [-0.2, 0) is 23.9 Å². The van der Waals surface area contributed by atoms with Gasteiger partial charge in [0.15, 0.2) is 5.78 Å². The molecule has 0 unspecified atom stereocenters. The fourth-order valence-corrected chi connectivity index (χ4v) is 3.58. The van der Waals surface area contributed by atoms with Gasteiger partial charge >= 0.3 is 11.9 Å². The quantitative estimate of drug-likeness (QED) is 0.602. The average molecular weight is 364 g/mol. The Morgan fingerprint density at radius 2 is 1.65 bits per heavy atom. The molecule has 1 saturated carbocycles. The summed E-state index contributed by atoms with van der Waals surface area (Å²) in [5.74, 6) is -5.22. The Labute approximate surface area is 151 Å². The average Bonchev–Trinajstić information content (AvgIpc) is 2.54. The number of hydrogen-bond acceptors (Lipinski definition) is 7. The first-order chi connectivity index (χ1) is 12.2. The van der Waals surface area contributed by atoms with Crippen LogP contribution in [0.2, 0.25) is 0 Å². The molecule has 1 fully saturated rings. The topological polar surface area (TPSA) is 110 Å². The zero-order chi connectivity index (χ0) is 19.5. The number of ketones is 1. The van der Waals surface area contributed by atoms with E-state index < -0.39 is 41.1 Å². The number of benzene rings is 1. The largest absolute Gasteiger partial charge is 0.508 e. The van der Waals surface area contributed by atoms with Crippen molar-refractivity contribution in [1.29, 1.82) is 0 Å². The number of hydrogen-bond donors (Lipinski definition) is 2. The Bertz CT molecular complexity index is 678. The predicted octanol–water partition coefficient (Wildman–Crippen LogP) is 1.56. The first-order valence-electron chi connectivity index (χ1n) is 8.60. The van der Waals surface area contributed by atoms with Gasteiger partial charge in [0.1, 0.15) is 11.7 Å². The highest BCUT2D eigenvalue weighted by molar-refractivity contribution is 6.02. The molecule has 0 saturated heterocycles. The lowest BCUT2D eigenvalue weighted by atomic mass is 9.61. The van der Waals surface area contributed by atoms with Gasteiger partial charge in [-0.15, -0.1) is 0 Å². The lowest BCUT2D eigenvalue weighted by Crippen LogP contribution is -2.55. The second-order valence-electron chi connectivity index (χ2n) is 6.58. The van der Waals surface area contributed by atoms with Crippen molar-refractivity contribution in [3.05, 3.63) is 29.8 Å². The summed E-state index contributed by atoms with van der Waals surface area (Å²) in [6, 6.07) is 5.83. The number of phenols is 1. The van der Waals surface area contributed by atoms with E-state index in [1.807, 2.05) is 0 Å². The van der Waals surface area contributed by atoms with Crippen LogP contribution in [0.5, 0.6) is 5.75 Å². The number of carbonyl (C=O) groups is 3. The standard InChI is InChI=1S/C19H24O7/c1-4-25-17(22)15-13(21)10-19(3,24)16(18(23)26-5-2)14(15)11-6-8-12(20)9-7-11/h6-9,14-16,20,24H,4-5,10H2,1-3H3/t14-,15+,16+,19-/m0/s1. The fourth-order valence-electron chi connectivity index (χ4n) is 3.58. The fraction of sp³-hybridized carbons (Fsp3) is 0.526. The summed E-state index contributed by atoms with van der Waals surface area (Å²) in [5.41, 5.74) is -1.21.